The molecule has 0 spiro atoms. The van der Waals surface area contributed by atoms with E-state index in [9.17, 15) is 16.8 Å². The van der Waals surface area contributed by atoms with Gasteiger partial charge in [0.2, 0.25) is 10.0 Å². The quantitative estimate of drug-likeness (QED) is 0.565. The molecule has 0 amide bonds. The lowest BCUT2D eigenvalue weighted by Gasteiger charge is -2.20. The van der Waals surface area contributed by atoms with Crippen LogP contribution < -0.4 is 0 Å². The summed E-state index contributed by atoms with van der Waals surface area (Å²) in [6.07, 6.45) is 2.12. The highest BCUT2D eigenvalue weighted by atomic mass is 35.7. The fourth-order valence-corrected chi connectivity index (χ4v) is 4.06. The predicted octanol–water partition coefficient (Wildman–Crippen LogP) is 2.20. The number of nitrogens with zero attached hydrogens (tertiary/aromatic N) is 1. The summed E-state index contributed by atoms with van der Waals surface area (Å²) in [7, 11) is -2.51. The molecular weight excluding hydrogens is 322 g/mol. The van der Waals surface area contributed by atoms with Gasteiger partial charge in [0.25, 0.3) is 9.05 Å². The Hall–Kier alpha value is -0.890. The summed E-state index contributed by atoms with van der Waals surface area (Å²) in [5.41, 5.74) is 0. The summed E-state index contributed by atoms with van der Waals surface area (Å²) in [5, 5.41) is 0. The van der Waals surface area contributed by atoms with Crippen LogP contribution in [0.15, 0.2) is 46.7 Å². The van der Waals surface area contributed by atoms with E-state index in [1.165, 1.54) is 28.6 Å². The molecule has 0 saturated heterocycles. The first-order valence-electron chi connectivity index (χ1n) is 5.89. The Bertz CT molecular complexity index is 683. The van der Waals surface area contributed by atoms with Gasteiger partial charge in [-0.1, -0.05) is 19.1 Å². The molecule has 0 aromatic heterocycles. The largest absolute Gasteiger partial charge is 0.261 e. The number of rotatable bonds is 7. The van der Waals surface area contributed by atoms with Crippen molar-refractivity contribution in [1.29, 1.82) is 0 Å². The second-order valence-electron chi connectivity index (χ2n) is 4.06. The molecule has 0 bridgehead atoms. The SMILES string of the molecule is C=CCN(CCC)S(=O)(=O)c1cccc(S(=O)(=O)Cl)c1. The van der Waals surface area contributed by atoms with Gasteiger partial charge >= 0.3 is 0 Å². The van der Waals surface area contributed by atoms with Crippen LogP contribution in [0.4, 0.5) is 0 Å². The fourth-order valence-electron chi connectivity index (χ4n) is 1.64. The number of benzene rings is 1. The first kappa shape index (κ1) is 17.2. The van der Waals surface area contributed by atoms with Crippen LogP contribution in [0.2, 0.25) is 0 Å². The maximum Gasteiger partial charge on any atom is 0.261 e. The number of sulfonamides is 1. The molecule has 0 atom stereocenters. The Kier molecular flexibility index (Phi) is 5.76. The monoisotopic (exact) mass is 337 g/mol. The highest BCUT2D eigenvalue weighted by Gasteiger charge is 2.24. The van der Waals surface area contributed by atoms with Crippen molar-refractivity contribution in [2.45, 2.75) is 23.1 Å². The predicted molar refractivity (Wildman–Crippen MR) is 78.7 cm³/mol. The van der Waals surface area contributed by atoms with Gasteiger partial charge in [-0.3, -0.25) is 0 Å². The molecule has 0 aliphatic carbocycles. The molecule has 0 radical (unpaired) electrons. The van der Waals surface area contributed by atoms with Gasteiger partial charge in [-0.05, 0) is 24.6 Å². The van der Waals surface area contributed by atoms with Gasteiger partial charge in [0.15, 0.2) is 0 Å². The molecule has 8 heteroatoms. The molecule has 0 fully saturated rings. The highest BCUT2D eigenvalue weighted by molar-refractivity contribution is 8.13. The second kappa shape index (κ2) is 6.71. The van der Waals surface area contributed by atoms with Gasteiger partial charge in [-0.25, -0.2) is 16.8 Å². The van der Waals surface area contributed by atoms with E-state index in [0.717, 1.165) is 6.07 Å². The van der Waals surface area contributed by atoms with Gasteiger partial charge < -0.3 is 0 Å². The zero-order chi connectivity index (χ0) is 15.4. The van der Waals surface area contributed by atoms with E-state index in [4.69, 9.17) is 10.7 Å². The highest BCUT2D eigenvalue weighted by Crippen LogP contribution is 2.22. The van der Waals surface area contributed by atoms with Crippen molar-refractivity contribution in [3.8, 4) is 0 Å². The fraction of sp³-hybridized carbons (Fsp3) is 0.333. The van der Waals surface area contributed by atoms with Crippen LogP contribution in [0.3, 0.4) is 0 Å². The Morgan fingerprint density at radius 3 is 2.35 bits per heavy atom. The Morgan fingerprint density at radius 2 is 1.85 bits per heavy atom. The molecule has 0 N–H and O–H groups in total. The zero-order valence-corrected chi connectivity index (χ0v) is 13.4. The number of halogens is 1. The Labute approximate surface area is 124 Å². The minimum atomic E-state index is -3.97. The van der Waals surface area contributed by atoms with Crippen LogP contribution in [0, 0.1) is 0 Å². The van der Waals surface area contributed by atoms with Gasteiger partial charge in [-0.15, -0.1) is 6.58 Å². The lowest BCUT2D eigenvalue weighted by molar-refractivity contribution is 0.441. The summed E-state index contributed by atoms with van der Waals surface area (Å²) >= 11 is 0. The number of hydrogen-bond acceptors (Lipinski definition) is 4. The van der Waals surface area contributed by atoms with Gasteiger partial charge in [0.1, 0.15) is 0 Å². The van der Waals surface area contributed by atoms with Crippen molar-refractivity contribution in [3.63, 3.8) is 0 Å². The van der Waals surface area contributed by atoms with Gasteiger partial charge in [0.05, 0.1) is 9.79 Å². The van der Waals surface area contributed by atoms with E-state index in [0.29, 0.717) is 13.0 Å². The van der Waals surface area contributed by atoms with Crippen LogP contribution in [-0.2, 0) is 19.1 Å². The maximum atomic E-state index is 12.4. The van der Waals surface area contributed by atoms with E-state index in [1.54, 1.807) is 0 Å². The summed E-state index contributed by atoms with van der Waals surface area (Å²) in [6.45, 7) is 5.86. The zero-order valence-electron chi connectivity index (χ0n) is 11.0. The van der Waals surface area contributed by atoms with E-state index in [2.05, 4.69) is 6.58 Å². The third-order valence-electron chi connectivity index (χ3n) is 2.53. The summed E-state index contributed by atoms with van der Waals surface area (Å²) < 4.78 is 48.6. The molecule has 5 nitrogen and oxygen atoms in total. The molecule has 1 aromatic carbocycles. The first-order chi connectivity index (χ1) is 9.23. The molecular formula is C12H16ClNO4S2. The van der Waals surface area contributed by atoms with Crippen molar-refractivity contribution in [3.05, 3.63) is 36.9 Å². The topological polar surface area (TPSA) is 71.5 Å². The molecule has 0 heterocycles. The van der Waals surface area contributed by atoms with Crippen LogP contribution in [0.1, 0.15) is 13.3 Å². The Morgan fingerprint density at radius 1 is 1.25 bits per heavy atom. The van der Waals surface area contributed by atoms with E-state index >= 15 is 0 Å². The van der Waals surface area contributed by atoms with Crippen molar-refractivity contribution in [2.24, 2.45) is 0 Å². The third-order valence-corrected chi connectivity index (χ3v) is 5.74. The molecule has 112 valence electrons. The van der Waals surface area contributed by atoms with Crippen LogP contribution in [0.5, 0.6) is 0 Å². The summed E-state index contributed by atoms with van der Waals surface area (Å²) in [5.74, 6) is 0. The summed E-state index contributed by atoms with van der Waals surface area (Å²) in [4.78, 5) is -0.343. The van der Waals surface area contributed by atoms with Gasteiger partial charge in [-0.2, -0.15) is 4.31 Å². The van der Waals surface area contributed by atoms with E-state index < -0.39 is 19.1 Å². The smallest absolute Gasteiger partial charge is 0.207 e. The second-order valence-corrected chi connectivity index (χ2v) is 8.57. The van der Waals surface area contributed by atoms with Crippen LogP contribution in [0.25, 0.3) is 0 Å². The van der Waals surface area contributed by atoms with E-state index in [-0.39, 0.29) is 16.3 Å². The van der Waals surface area contributed by atoms with Crippen LogP contribution >= 0.6 is 10.7 Å². The maximum absolute atomic E-state index is 12.4. The molecule has 0 aliphatic rings. The van der Waals surface area contributed by atoms with Crippen LogP contribution in [-0.4, -0.2) is 34.2 Å². The molecule has 1 rings (SSSR count). The van der Waals surface area contributed by atoms with Crippen molar-refractivity contribution < 1.29 is 16.8 Å². The molecule has 1 aromatic rings. The molecule has 0 aliphatic heterocycles. The third kappa shape index (κ3) is 4.05. The van der Waals surface area contributed by atoms with Crippen molar-refractivity contribution >= 4 is 29.8 Å². The Balaban J connectivity index is 3.30. The van der Waals surface area contributed by atoms with Crippen molar-refractivity contribution in [1.82, 2.24) is 4.31 Å². The first-order valence-corrected chi connectivity index (χ1v) is 9.64. The number of hydrogen-bond donors (Lipinski definition) is 0. The lowest BCUT2D eigenvalue weighted by atomic mass is 10.4. The lowest BCUT2D eigenvalue weighted by Crippen LogP contribution is -2.32. The van der Waals surface area contributed by atoms with Crippen molar-refractivity contribution in [2.75, 3.05) is 13.1 Å². The molecule has 0 saturated carbocycles. The minimum absolute atomic E-state index is 0.102. The average molecular weight is 338 g/mol. The minimum Gasteiger partial charge on any atom is -0.207 e. The van der Waals surface area contributed by atoms with E-state index in [1.807, 2.05) is 6.92 Å². The average Bonchev–Trinajstić information content (AvgIpc) is 2.37. The normalized spacial score (nSPS) is 12.6. The van der Waals surface area contributed by atoms with Gasteiger partial charge in [0, 0.05) is 23.8 Å². The molecule has 20 heavy (non-hydrogen) atoms. The summed E-state index contributed by atoms with van der Waals surface area (Å²) in [6, 6.07) is 5.00. The standard InChI is InChI=1S/C12H16ClNO4S2/c1-3-8-14(9-4-2)20(17,18)12-7-5-6-11(10-12)19(13,15)16/h3,5-7,10H,1,4,8-9H2,2H3. The molecule has 0 unspecified atom stereocenters.